The molecule has 3 rings (SSSR count). The first-order chi connectivity index (χ1) is 9.24. The van der Waals surface area contributed by atoms with Crippen LogP contribution in [0.5, 0.6) is 0 Å². The number of nitrogens with zero attached hydrogens (tertiary/aromatic N) is 2. The summed E-state index contributed by atoms with van der Waals surface area (Å²) in [7, 11) is 0. The standard InChI is InChI=1S/C15H23N3O/c1-10(2)15-12-3-5-16-8-13(12)17-14(18-15)7-11-4-6-19-9-11/h10-11,16H,3-9H2,1-2H3. The average Bonchev–Trinajstić information content (AvgIpc) is 2.90. The van der Waals surface area contributed by atoms with Gasteiger partial charge >= 0.3 is 0 Å². The molecule has 1 unspecified atom stereocenters. The van der Waals surface area contributed by atoms with Gasteiger partial charge in [-0.2, -0.15) is 0 Å². The highest BCUT2D eigenvalue weighted by molar-refractivity contribution is 5.30. The van der Waals surface area contributed by atoms with Crippen LogP contribution in [0.15, 0.2) is 0 Å². The first kappa shape index (κ1) is 13.0. The third kappa shape index (κ3) is 2.79. The molecule has 0 aliphatic carbocycles. The molecule has 4 nitrogen and oxygen atoms in total. The van der Waals surface area contributed by atoms with Crippen molar-refractivity contribution in [3.05, 3.63) is 22.8 Å². The Kier molecular flexibility index (Phi) is 3.80. The Labute approximate surface area is 115 Å². The van der Waals surface area contributed by atoms with Crippen molar-refractivity contribution < 1.29 is 4.74 Å². The van der Waals surface area contributed by atoms with Crippen molar-refractivity contribution in [2.45, 2.75) is 45.6 Å². The lowest BCUT2D eigenvalue weighted by molar-refractivity contribution is 0.185. The van der Waals surface area contributed by atoms with E-state index in [0.717, 1.165) is 51.4 Å². The Balaban J connectivity index is 1.89. The van der Waals surface area contributed by atoms with E-state index in [1.807, 2.05) is 0 Å². The van der Waals surface area contributed by atoms with Gasteiger partial charge in [0.1, 0.15) is 5.82 Å². The highest BCUT2D eigenvalue weighted by atomic mass is 16.5. The SMILES string of the molecule is CC(C)c1nc(CC2CCOC2)nc2c1CCNC2. The van der Waals surface area contributed by atoms with Crippen molar-refractivity contribution in [3.8, 4) is 0 Å². The van der Waals surface area contributed by atoms with Gasteiger partial charge in [0.15, 0.2) is 0 Å². The monoisotopic (exact) mass is 261 g/mol. The van der Waals surface area contributed by atoms with E-state index in [1.165, 1.54) is 17.0 Å². The smallest absolute Gasteiger partial charge is 0.129 e. The first-order valence-corrected chi connectivity index (χ1v) is 7.41. The van der Waals surface area contributed by atoms with Crippen molar-refractivity contribution >= 4 is 0 Å². The normalized spacial score (nSPS) is 22.8. The molecular weight excluding hydrogens is 238 g/mol. The van der Waals surface area contributed by atoms with E-state index in [9.17, 15) is 0 Å². The molecule has 1 aromatic rings. The van der Waals surface area contributed by atoms with Crippen LogP contribution in [0.2, 0.25) is 0 Å². The predicted octanol–water partition coefficient (Wildman–Crippen LogP) is 1.82. The summed E-state index contributed by atoms with van der Waals surface area (Å²) in [6.07, 6.45) is 3.18. The van der Waals surface area contributed by atoms with Crippen LogP contribution in [0.4, 0.5) is 0 Å². The fourth-order valence-corrected chi connectivity index (χ4v) is 3.01. The fraction of sp³-hybridized carbons (Fsp3) is 0.733. The minimum atomic E-state index is 0.480. The summed E-state index contributed by atoms with van der Waals surface area (Å²) in [6.45, 7) is 8.17. The number of rotatable bonds is 3. The zero-order chi connectivity index (χ0) is 13.2. The zero-order valence-corrected chi connectivity index (χ0v) is 11.9. The van der Waals surface area contributed by atoms with Crippen LogP contribution in [0.1, 0.15) is 49.0 Å². The molecule has 104 valence electrons. The van der Waals surface area contributed by atoms with Crippen molar-refractivity contribution in [2.24, 2.45) is 5.92 Å². The number of nitrogens with one attached hydrogen (secondary N) is 1. The Morgan fingerprint density at radius 3 is 3.00 bits per heavy atom. The van der Waals surface area contributed by atoms with E-state index < -0.39 is 0 Å². The van der Waals surface area contributed by atoms with Crippen LogP contribution in [0.25, 0.3) is 0 Å². The Morgan fingerprint density at radius 2 is 2.26 bits per heavy atom. The van der Waals surface area contributed by atoms with Gasteiger partial charge in [-0.05, 0) is 36.8 Å². The van der Waals surface area contributed by atoms with E-state index >= 15 is 0 Å². The lowest BCUT2D eigenvalue weighted by Crippen LogP contribution is -2.27. The summed E-state index contributed by atoms with van der Waals surface area (Å²) in [5.74, 6) is 2.10. The van der Waals surface area contributed by atoms with E-state index in [2.05, 4.69) is 19.2 Å². The van der Waals surface area contributed by atoms with Gasteiger partial charge in [-0.25, -0.2) is 9.97 Å². The summed E-state index contributed by atoms with van der Waals surface area (Å²) in [5, 5.41) is 3.41. The molecule has 1 aromatic heterocycles. The van der Waals surface area contributed by atoms with Crippen LogP contribution < -0.4 is 5.32 Å². The maximum atomic E-state index is 5.45. The molecule has 0 amide bonds. The molecule has 0 bridgehead atoms. The van der Waals surface area contributed by atoms with E-state index in [-0.39, 0.29) is 0 Å². The van der Waals surface area contributed by atoms with Gasteiger partial charge in [0.05, 0.1) is 11.4 Å². The Bertz CT molecular complexity index is 453. The van der Waals surface area contributed by atoms with Crippen molar-refractivity contribution in [1.82, 2.24) is 15.3 Å². The minimum absolute atomic E-state index is 0.480. The molecule has 19 heavy (non-hydrogen) atoms. The summed E-state index contributed by atoms with van der Waals surface area (Å²) in [6, 6.07) is 0. The molecule has 2 aliphatic heterocycles. The second-order valence-electron chi connectivity index (χ2n) is 5.97. The van der Waals surface area contributed by atoms with Gasteiger partial charge < -0.3 is 10.1 Å². The summed E-state index contributed by atoms with van der Waals surface area (Å²) >= 11 is 0. The zero-order valence-electron chi connectivity index (χ0n) is 11.9. The van der Waals surface area contributed by atoms with Gasteiger partial charge in [0.2, 0.25) is 0 Å². The topological polar surface area (TPSA) is 47.0 Å². The molecule has 3 heterocycles. The lowest BCUT2D eigenvalue weighted by atomic mass is 9.96. The number of aromatic nitrogens is 2. The Morgan fingerprint density at radius 1 is 1.37 bits per heavy atom. The molecule has 2 aliphatic rings. The maximum Gasteiger partial charge on any atom is 0.129 e. The highest BCUT2D eigenvalue weighted by Gasteiger charge is 2.22. The third-order valence-electron chi connectivity index (χ3n) is 4.06. The second kappa shape index (κ2) is 5.55. The largest absolute Gasteiger partial charge is 0.381 e. The van der Waals surface area contributed by atoms with Gasteiger partial charge in [-0.1, -0.05) is 13.8 Å². The van der Waals surface area contributed by atoms with E-state index in [4.69, 9.17) is 14.7 Å². The molecule has 0 spiro atoms. The molecule has 0 saturated carbocycles. The molecule has 1 atom stereocenters. The van der Waals surface area contributed by atoms with Crippen molar-refractivity contribution in [1.29, 1.82) is 0 Å². The van der Waals surface area contributed by atoms with Crippen LogP contribution in [0, 0.1) is 5.92 Å². The number of hydrogen-bond donors (Lipinski definition) is 1. The molecular formula is C15H23N3O. The predicted molar refractivity (Wildman–Crippen MR) is 74.2 cm³/mol. The first-order valence-electron chi connectivity index (χ1n) is 7.41. The van der Waals surface area contributed by atoms with Gasteiger partial charge in [0.25, 0.3) is 0 Å². The molecule has 1 saturated heterocycles. The van der Waals surface area contributed by atoms with Crippen LogP contribution in [-0.2, 0) is 24.1 Å². The van der Waals surface area contributed by atoms with Gasteiger partial charge in [-0.3, -0.25) is 0 Å². The quantitative estimate of drug-likeness (QED) is 0.901. The Hall–Kier alpha value is -1.00. The molecule has 0 aromatic carbocycles. The summed E-state index contributed by atoms with van der Waals surface area (Å²) < 4.78 is 5.45. The average molecular weight is 261 g/mol. The van der Waals surface area contributed by atoms with Gasteiger partial charge in [-0.15, -0.1) is 0 Å². The van der Waals surface area contributed by atoms with Crippen LogP contribution in [0.3, 0.4) is 0 Å². The second-order valence-corrected chi connectivity index (χ2v) is 5.97. The number of hydrogen-bond acceptors (Lipinski definition) is 4. The fourth-order valence-electron chi connectivity index (χ4n) is 3.01. The number of fused-ring (bicyclic) bond motifs is 1. The summed E-state index contributed by atoms with van der Waals surface area (Å²) in [5.41, 5.74) is 3.87. The van der Waals surface area contributed by atoms with E-state index in [1.54, 1.807) is 0 Å². The van der Waals surface area contributed by atoms with Crippen molar-refractivity contribution in [2.75, 3.05) is 19.8 Å². The van der Waals surface area contributed by atoms with Crippen LogP contribution >= 0.6 is 0 Å². The van der Waals surface area contributed by atoms with Crippen molar-refractivity contribution in [3.63, 3.8) is 0 Å². The molecule has 1 N–H and O–H groups in total. The third-order valence-corrected chi connectivity index (χ3v) is 4.06. The molecule has 1 fully saturated rings. The number of ether oxygens (including phenoxy) is 1. The maximum absolute atomic E-state index is 5.45. The summed E-state index contributed by atoms with van der Waals surface area (Å²) in [4.78, 5) is 9.65. The molecule has 4 heteroatoms. The van der Waals surface area contributed by atoms with Crippen LogP contribution in [-0.4, -0.2) is 29.7 Å². The lowest BCUT2D eigenvalue weighted by Gasteiger charge is -2.22. The minimum Gasteiger partial charge on any atom is -0.381 e. The molecule has 0 radical (unpaired) electrons. The van der Waals surface area contributed by atoms with Gasteiger partial charge in [0, 0.05) is 26.2 Å². The van der Waals surface area contributed by atoms with E-state index in [0.29, 0.717) is 11.8 Å². The highest BCUT2D eigenvalue weighted by Crippen LogP contribution is 2.24.